The highest BCUT2D eigenvalue weighted by molar-refractivity contribution is 5.86. The maximum Gasteiger partial charge on any atom is 0.358 e. The minimum absolute atomic E-state index is 0.0252. The van der Waals surface area contributed by atoms with Gasteiger partial charge in [0.1, 0.15) is 11.8 Å². The van der Waals surface area contributed by atoms with Gasteiger partial charge in [-0.2, -0.15) is 0 Å². The molecule has 110 valence electrons. The van der Waals surface area contributed by atoms with E-state index in [4.69, 9.17) is 4.74 Å². The average molecular weight is 287 g/mol. The van der Waals surface area contributed by atoms with E-state index in [1.807, 2.05) is 32.0 Å². The van der Waals surface area contributed by atoms with Gasteiger partial charge in [-0.3, -0.25) is 0 Å². The second-order valence-corrected chi connectivity index (χ2v) is 5.33. The van der Waals surface area contributed by atoms with Crippen molar-refractivity contribution in [2.45, 2.75) is 32.8 Å². The van der Waals surface area contributed by atoms with Gasteiger partial charge in [0.2, 0.25) is 0 Å². The fourth-order valence-corrected chi connectivity index (χ4v) is 2.65. The Morgan fingerprint density at radius 2 is 2.24 bits per heavy atom. The number of ether oxygens (including phenoxy) is 1. The molecule has 0 amide bonds. The predicted molar refractivity (Wildman–Crippen MR) is 75.7 cm³/mol. The van der Waals surface area contributed by atoms with Gasteiger partial charge in [0.15, 0.2) is 5.69 Å². The molecule has 1 atom stereocenters. The van der Waals surface area contributed by atoms with E-state index in [-0.39, 0.29) is 11.8 Å². The maximum absolute atomic E-state index is 11.4. The molecule has 1 aliphatic heterocycles. The molecule has 6 heteroatoms. The molecule has 0 bridgehead atoms. The maximum atomic E-state index is 11.4. The van der Waals surface area contributed by atoms with E-state index in [0.717, 1.165) is 29.7 Å². The van der Waals surface area contributed by atoms with Crippen LogP contribution < -0.4 is 0 Å². The van der Waals surface area contributed by atoms with Crippen molar-refractivity contribution in [3.63, 3.8) is 0 Å². The first kappa shape index (κ1) is 13.8. The van der Waals surface area contributed by atoms with Gasteiger partial charge >= 0.3 is 5.97 Å². The van der Waals surface area contributed by atoms with Gasteiger partial charge < -0.3 is 9.84 Å². The van der Waals surface area contributed by atoms with Crippen LogP contribution in [0.1, 0.15) is 46.3 Å². The molecule has 1 N–H and O–H groups in total. The zero-order chi connectivity index (χ0) is 15.0. The van der Waals surface area contributed by atoms with Crippen LogP contribution in [0.3, 0.4) is 0 Å². The summed E-state index contributed by atoms with van der Waals surface area (Å²) in [4.78, 5) is 11.4. The Balaban J connectivity index is 2.18. The fraction of sp³-hybridized carbons (Fsp3) is 0.400. The minimum Gasteiger partial charge on any atom is -0.476 e. The molecule has 0 radical (unpaired) electrons. The predicted octanol–water partition coefficient (Wildman–Crippen LogP) is 2.43. The first-order valence-electron chi connectivity index (χ1n) is 6.96. The van der Waals surface area contributed by atoms with Gasteiger partial charge in [0.05, 0.1) is 5.69 Å². The second-order valence-electron chi connectivity index (χ2n) is 5.33. The monoisotopic (exact) mass is 287 g/mol. The van der Waals surface area contributed by atoms with Gasteiger partial charge in [-0.1, -0.05) is 17.3 Å². The molecule has 6 nitrogen and oxygen atoms in total. The number of aryl methyl sites for hydroxylation is 2. The van der Waals surface area contributed by atoms with Crippen molar-refractivity contribution in [1.82, 2.24) is 15.0 Å². The summed E-state index contributed by atoms with van der Waals surface area (Å²) in [5.41, 5.74) is 3.46. The Morgan fingerprint density at radius 1 is 1.43 bits per heavy atom. The Bertz CT molecular complexity index is 687. The summed E-state index contributed by atoms with van der Waals surface area (Å²) in [7, 11) is 0. The van der Waals surface area contributed by atoms with Crippen molar-refractivity contribution < 1.29 is 14.6 Å². The molecule has 2 aromatic rings. The quantitative estimate of drug-likeness (QED) is 0.938. The largest absolute Gasteiger partial charge is 0.476 e. The number of rotatable bonds is 3. The number of carbonyl (C=O) groups is 1. The minimum atomic E-state index is -1.07. The molecule has 1 fully saturated rings. The van der Waals surface area contributed by atoms with Crippen molar-refractivity contribution in [3.8, 4) is 5.69 Å². The molecule has 21 heavy (non-hydrogen) atoms. The van der Waals surface area contributed by atoms with Crippen molar-refractivity contribution in [2.75, 3.05) is 6.61 Å². The summed E-state index contributed by atoms with van der Waals surface area (Å²) in [6.45, 7) is 4.60. The summed E-state index contributed by atoms with van der Waals surface area (Å²) in [6, 6.07) is 5.99. The third-order valence-corrected chi connectivity index (χ3v) is 3.74. The highest BCUT2D eigenvalue weighted by atomic mass is 16.5. The molecule has 1 saturated heterocycles. The van der Waals surface area contributed by atoms with Crippen LogP contribution >= 0.6 is 0 Å². The number of aromatic nitrogens is 3. The Morgan fingerprint density at radius 3 is 2.90 bits per heavy atom. The molecule has 0 aliphatic carbocycles. The van der Waals surface area contributed by atoms with Crippen LogP contribution in [0, 0.1) is 13.8 Å². The second kappa shape index (κ2) is 5.29. The van der Waals surface area contributed by atoms with Crippen molar-refractivity contribution in [2.24, 2.45) is 0 Å². The average Bonchev–Trinajstić information content (AvgIpc) is 3.08. The van der Waals surface area contributed by atoms with Crippen LogP contribution in [0.2, 0.25) is 0 Å². The Labute approximate surface area is 122 Å². The van der Waals surface area contributed by atoms with Gasteiger partial charge in [-0.05, 0) is 43.9 Å². The summed E-state index contributed by atoms with van der Waals surface area (Å²) in [6.07, 6.45) is 1.45. The summed E-state index contributed by atoms with van der Waals surface area (Å²) in [5.74, 6) is -1.07. The standard InChI is InChI=1S/C15H17N3O3/c1-9-5-6-10(2)11(8-9)18-14(12-4-3-7-21-12)13(15(19)20)16-17-18/h5-6,8,12H,3-4,7H2,1-2H3,(H,19,20). The van der Waals surface area contributed by atoms with E-state index in [1.54, 1.807) is 4.68 Å². The first-order chi connectivity index (χ1) is 10.1. The third kappa shape index (κ3) is 2.42. The number of aromatic carboxylic acids is 1. The Kier molecular flexibility index (Phi) is 3.47. The zero-order valence-corrected chi connectivity index (χ0v) is 12.0. The topological polar surface area (TPSA) is 77.2 Å². The van der Waals surface area contributed by atoms with Crippen molar-refractivity contribution in [1.29, 1.82) is 0 Å². The van der Waals surface area contributed by atoms with Gasteiger partial charge in [0, 0.05) is 6.61 Å². The van der Waals surface area contributed by atoms with E-state index in [2.05, 4.69) is 10.3 Å². The molecule has 1 unspecified atom stereocenters. The summed E-state index contributed by atoms with van der Waals surface area (Å²) < 4.78 is 7.27. The SMILES string of the molecule is Cc1ccc(C)c(-n2nnc(C(=O)O)c2C2CCCO2)c1. The van der Waals surface area contributed by atoms with Crippen LogP contribution in [0.15, 0.2) is 18.2 Å². The highest BCUT2D eigenvalue weighted by Crippen LogP contribution is 2.32. The first-order valence-corrected chi connectivity index (χ1v) is 6.96. The molecule has 1 aromatic heterocycles. The van der Waals surface area contributed by atoms with Crippen LogP contribution in [0.5, 0.6) is 0 Å². The lowest BCUT2D eigenvalue weighted by Crippen LogP contribution is -2.12. The highest BCUT2D eigenvalue weighted by Gasteiger charge is 2.30. The van der Waals surface area contributed by atoms with Crippen LogP contribution in [0.25, 0.3) is 5.69 Å². The molecule has 0 saturated carbocycles. The molecule has 1 aromatic carbocycles. The van der Waals surface area contributed by atoms with Crippen LogP contribution in [0.4, 0.5) is 0 Å². The molecule has 3 rings (SSSR count). The molecule has 1 aliphatic rings. The third-order valence-electron chi connectivity index (χ3n) is 3.74. The molecular weight excluding hydrogens is 270 g/mol. The number of hydrogen-bond acceptors (Lipinski definition) is 4. The van der Waals surface area contributed by atoms with Crippen LogP contribution in [-0.2, 0) is 4.74 Å². The van der Waals surface area contributed by atoms with E-state index in [1.165, 1.54) is 0 Å². The van der Waals surface area contributed by atoms with E-state index < -0.39 is 5.97 Å². The number of carboxylic acid groups (broad SMARTS) is 1. The number of nitrogens with zero attached hydrogens (tertiary/aromatic N) is 3. The zero-order valence-electron chi connectivity index (χ0n) is 12.0. The lowest BCUT2D eigenvalue weighted by molar-refractivity contribution is 0.0673. The number of hydrogen-bond donors (Lipinski definition) is 1. The normalized spacial score (nSPS) is 18.1. The lowest BCUT2D eigenvalue weighted by atomic mass is 10.1. The smallest absolute Gasteiger partial charge is 0.358 e. The van der Waals surface area contributed by atoms with Gasteiger partial charge in [0.25, 0.3) is 0 Å². The summed E-state index contributed by atoms with van der Waals surface area (Å²) >= 11 is 0. The summed E-state index contributed by atoms with van der Waals surface area (Å²) in [5, 5.41) is 17.2. The van der Waals surface area contributed by atoms with E-state index >= 15 is 0 Å². The van der Waals surface area contributed by atoms with Crippen molar-refractivity contribution in [3.05, 3.63) is 40.7 Å². The van der Waals surface area contributed by atoms with Crippen molar-refractivity contribution >= 4 is 5.97 Å². The van der Waals surface area contributed by atoms with Crippen LogP contribution in [-0.4, -0.2) is 32.7 Å². The molecule has 2 heterocycles. The molecular formula is C15H17N3O3. The Hall–Kier alpha value is -2.21. The van der Waals surface area contributed by atoms with Gasteiger partial charge in [-0.15, -0.1) is 5.10 Å². The van der Waals surface area contributed by atoms with E-state index in [0.29, 0.717) is 12.3 Å². The van der Waals surface area contributed by atoms with Gasteiger partial charge in [-0.25, -0.2) is 9.48 Å². The lowest BCUT2D eigenvalue weighted by Gasteiger charge is -2.14. The number of carboxylic acids is 1. The number of benzene rings is 1. The molecule has 0 spiro atoms. The fourth-order valence-electron chi connectivity index (χ4n) is 2.65. The van der Waals surface area contributed by atoms with E-state index in [9.17, 15) is 9.90 Å².